The van der Waals surface area contributed by atoms with Crippen LogP contribution in [0.2, 0.25) is 0 Å². The van der Waals surface area contributed by atoms with Crippen LogP contribution in [-0.2, 0) is 13.7 Å². The summed E-state index contributed by atoms with van der Waals surface area (Å²) in [6.45, 7) is 1.29. The molecule has 0 bridgehead atoms. The predicted octanol–water partition coefficient (Wildman–Crippen LogP) is 0.472. The Bertz CT molecular complexity index is 108. The maximum atomic E-state index is 9.61. The van der Waals surface area contributed by atoms with Crippen molar-refractivity contribution in [1.29, 1.82) is 0 Å². The van der Waals surface area contributed by atoms with Gasteiger partial charge in [-0.05, 0) is 6.92 Å². The zero-order chi connectivity index (χ0) is 6.57. The van der Waals surface area contributed by atoms with Gasteiger partial charge in [-0.2, -0.15) is 0 Å². The van der Waals surface area contributed by atoms with Crippen LogP contribution in [0.1, 0.15) is 6.92 Å². The molecule has 0 amide bonds. The molecule has 0 saturated heterocycles. The predicted molar refractivity (Wildman–Crippen MR) is 25.9 cm³/mol. The lowest BCUT2D eigenvalue weighted by atomic mass is 10.5. The zero-order valence-electron chi connectivity index (χ0n) is 4.40. The highest BCUT2D eigenvalue weighted by atomic mass is 31.1. The fourth-order valence-corrected chi connectivity index (χ4v) is 0.506. The molecule has 8 heavy (non-hydrogen) atoms. The molecule has 0 aliphatic carbocycles. The second kappa shape index (κ2) is 3.78. The first-order valence-electron chi connectivity index (χ1n) is 2.08. The molecule has 0 rings (SSSR count). The Morgan fingerprint density at radius 2 is 2.25 bits per heavy atom. The van der Waals surface area contributed by atoms with Crippen molar-refractivity contribution in [2.75, 3.05) is 6.61 Å². The Balaban J connectivity index is 3.18. The standard InChI is InChI=1S/C3H7O4P/c1-3(4)2-7-8(5)6/h3-4H,2H2,1H3. The van der Waals surface area contributed by atoms with Gasteiger partial charge in [-0.25, -0.2) is 9.13 Å². The number of hydrogen-bond donors (Lipinski definition) is 1. The van der Waals surface area contributed by atoms with E-state index in [-0.39, 0.29) is 6.61 Å². The monoisotopic (exact) mass is 138 g/mol. The number of rotatable bonds is 3. The summed E-state index contributed by atoms with van der Waals surface area (Å²) in [5.74, 6) is 0. The molecule has 0 radical (unpaired) electrons. The minimum absolute atomic E-state index is 0.154. The molecule has 5 heteroatoms. The van der Waals surface area contributed by atoms with E-state index in [1.807, 2.05) is 0 Å². The van der Waals surface area contributed by atoms with Crippen LogP contribution in [0.4, 0.5) is 0 Å². The van der Waals surface area contributed by atoms with Crippen molar-refractivity contribution in [3.8, 4) is 0 Å². The van der Waals surface area contributed by atoms with Crippen LogP contribution < -0.4 is 0 Å². The van der Waals surface area contributed by atoms with E-state index < -0.39 is 14.0 Å². The first-order chi connectivity index (χ1) is 3.63. The Morgan fingerprint density at radius 1 is 1.75 bits per heavy atom. The summed E-state index contributed by atoms with van der Waals surface area (Å²) in [7, 11) is -2.79. The molecule has 0 aliphatic heterocycles. The molecular formula is C3H7O4P. The van der Waals surface area contributed by atoms with Crippen LogP contribution >= 0.6 is 7.91 Å². The summed E-state index contributed by atoms with van der Waals surface area (Å²) in [6.07, 6.45) is -0.720. The van der Waals surface area contributed by atoms with Gasteiger partial charge in [0.2, 0.25) is 0 Å². The van der Waals surface area contributed by atoms with Crippen molar-refractivity contribution in [2.45, 2.75) is 13.0 Å². The molecular weight excluding hydrogens is 131 g/mol. The van der Waals surface area contributed by atoms with Gasteiger partial charge in [-0.1, -0.05) is 0 Å². The lowest BCUT2D eigenvalue weighted by Gasteiger charge is -1.95. The van der Waals surface area contributed by atoms with Crippen molar-refractivity contribution in [3.05, 3.63) is 0 Å². The maximum Gasteiger partial charge on any atom is 0.468 e. The molecule has 0 fully saturated rings. The van der Waals surface area contributed by atoms with Crippen molar-refractivity contribution >= 4 is 7.91 Å². The van der Waals surface area contributed by atoms with E-state index in [4.69, 9.17) is 5.11 Å². The summed E-state index contributed by atoms with van der Waals surface area (Å²) in [4.78, 5) is 0. The first-order valence-corrected chi connectivity index (χ1v) is 3.18. The third-order valence-electron chi connectivity index (χ3n) is 0.421. The molecule has 0 aromatic heterocycles. The Kier molecular flexibility index (Phi) is 3.69. The van der Waals surface area contributed by atoms with Gasteiger partial charge in [-0.15, -0.1) is 0 Å². The molecule has 4 nitrogen and oxygen atoms in total. The molecule has 0 aromatic carbocycles. The average molecular weight is 138 g/mol. The molecule has 0 spiro atoms. The Labute approximate surface area is 47.4 Å². The number of aliphatic hydroxyl groups is 1. The van der Waals surface area contributed by atoms with Crippen LogP contribution in [0.5, 0.6) is 0 Å². The van der Waals surface area contributed by atoms with E-state index in [2.05, 4.69) is 4.52 Å². The van der Waals surface area contributed by atoms with Crippen molar-refractivity contribution < 1.29 is 18.8 Å². The van der Waals surface area contributed by atoms with Gasteiger partial charge in [0, 0.05) is 0 Å². The number of hydrogen-bond acceptors (Lipinski definition) is 4. The molecule has 0 aromatic rings. The summed E-state index contributed by atoms with van der Waals surface area (Å²) >= 11 is 0. The van der Waals surface area contributed by atoms with Crippen LogP contribution in [-0.4, -0.2) is 17.8 Å². The number of aliphatic hydroxyl groups excluding tert-OH is 1. The van der Waals surface area contributed by atoms with E-state index in [0.717, 1.165) is 0 Å². The van der Waals surface area contributed by atoms with E-state index >= 15 is 0 Å². The van der Waals surface area contributed by atoms with Crippen LogP contribution in [0.15, 0.2) is 0 Å². The summed E-state index contributed by atoms with van der Waals surface area (Å²) < 4.78 is 23.2. The first kappa shape index (κ1) is 7.82. The summed E-state index contributed by atoms with van der Waals surface area (Å²) in [5.41, 5.74) is 0. The fourth-order valence-electron chi connectivity index (χ4n) is 0.169. The minimum Gasteiger partial charge on any atom is -0.391 e. The van der Waals surface area contributed by atoms with Crippen molar-refractivity contribution in [3.63, 3.8) is 0 Å². The third kappa shape index (κ3) is 5.82. The topological polar surface area (TPSA) is 63.6 Å². The van der Waals surface area contributed by atoms with E-state index in [9.17, 15) is 9.13 Å². The SMILES string of the molecule is CC(O)COP(=O)=O. The smallest absolute Gasteiger partial charge is 0.391 e. The van der Waals surface area contributed by atoms with Crippen LogP contribution in [0.25, 0.3) is 0 Å². The van der Waals surface area contributed by atoms with Gasteiger partial charge in [0.1, 0.15) is 0 Å². The molecule has 48 valence electrons. The lowest BCUT2D eigenvalue weighted by Crippen LogP contribution is -2.05. The normalized spacial score (nSPS) is 13.2. The molecule has 0 aliphatic rings. The molecule has 1 unspecified atom stereocenters. The van der Waals surface area contributed by atoms with Crippen molar-refractivity contribution in [1.82, 2.24) is 0 Å². The van der Waals surface area contributed by atoms with Gasteiger partial charge < -0.3 is 5.11 Å². The molecule has 0 saturated carbocycles. The molecule has 1 atom stereocenters. The van der Waals surface area contributed by atoms with Gasteiger partial charge in [-0.3, -0.25) is 4.52 Å². The van der Waals surface area contributed by atoms with Gasteiger partial charge in [0.25, 0.3) is 0 Å². The largest absolute Gasteiger partial charge is 0.468 e. The fraction of sp³-hybridized carbons (Fsp3) is 1.00. The van der Waals surface area contributed by atoms with Crippen LogP contribution in [0.3, 0.4) is 0 Å². The van der Waals surface area contributed by atoms with Gasteiger partial charge in [0.15, 0.2) is 0 Å². The molecule has 1 N–H and O–H groups in total. The van der Waals surface area contributed by atoms with Gasteiger partial charge >= 0.3 is 7.91 Å². The minimum atomic E-state index is -2.79. The van der Waals surface area contributed by atoms with E-state index in [1.165, 1.54) is 6.92 Å². The van der Waals surface area contributed by atoms with Gasteiger partial charge in [0.05, 0.1) is 12.7 Å². The lowest BCUT2D eigenvalue weighted by molar-refractivity contribution is 0.124. The van der Waals surface area contributed by atoms with Crippen LogP contribution in [0, 0.1) is 0 Å². The highest BCUT2D eigenvalue weighted by molar-refractivity contribution is 7.24. The summed E-state index contributed by atoms with van der Waals surface area (Å²) in [6, 6.07) is 0. The Hall–Kier alpha value is -0.180. The maximum absolute atomic E-state index is 9.61. The average Bonchev–Trinajstić information content (AvgIpc) is 1.61. The highest BCUT2D eigenvalue weighted by Crippen LogP contribution is 2.04. The van der Waals surface area contributed by atoms with E-state index in [0.29, 0.717) is 0 Å². The van der Waals surface area contributed by atoms with E-state index in [1.54, 1.807) is 0 Å². The quantitative estimate of drug-likeness (QED) is 0.576. The zero-order valence-corrected chi connectivity index (χ0v) is 5.30. The second-order valence-electron chi connectivity index (χ2n) is 1.37. The summed E-state index contributed by atoms with van der Waals surface area (Å²) in [5, 5.41) is 8.41. The van der Waals surface area contributed by atoms with Crippen molar-refractivity contribution in [2.24, 2.45) is 0 Å². The second-order valence-corrected chi connectivity index (χ2v) is 2.07. The highest BCUT2D eigenvalue weighted by Gasteiger charge is 1.96. The third-order valence-corrected chi connectivity index (χ3v) is 0.781. The molecule has 0 heterocycles. The Morgan fingerprint density at radius 3 is 2.38 bits per heavy atom.